The Morgan fingerprint density at radius 2 is 2.03 bits per heavy atom. The number of nitrogens with zero attached hydrogens (tertiary/aromatic N) is 3. The van der Waals surface area contributed by atoms with Gasteiger partial charge in [0.2, 0.25) is 5.91 Å². The molecule has 2 aliphatic rings. The summed E-state index contributed by atoms with van der Waals surface area (Å²) in [6, 6.07) is 20.5. The highest BCUT2D eigenvalue weighted by atomic mass is 32.2. The predicted octanol–water partition coefficient (Wildman–Crippen LogP) is 4.34. The van der Waals surface area contributed by atoms with Crippen molar-refractivity contribution in [3.05, 3.63) is 76.3 Å². The summed E-state index contributed by atoms with van der Waals surface area (Å²) < 4.78 is 5.33. The molecule has 2 aromatic carbocycles. The van der Waals surface area contributed by atoms with Crippen LogP contribution in [0.1, 0.15) is 29.9 Å². The van der Waals surface area contributed by atoms with E-state index < -0.39 is 0 Å². The molecule has 1 unspecified atom stereocenters. The molecule has 2 heterocycles. The summed E-state index contributed by atoms with van der Waals surface area (Å²) in [5.41, 5.74) is 2.98. The van der Waals surface area contributed by atoms with Gasteiger partial charge in [-0.05, 0) is 36.1 Å². The summed E-state index contributed by atoms with van der Waals surface area (Å²) in [4.78, 5) is 17.1. The zero-order valence-corrected chi connectivity index (χ0v) is 17.9. The highest BCUT2D eigenvalue weighted by Crippen LogP contribution is 2.42. The van der Waals surface area contributed by atoms with Gasteiger partial charge in [-0.1, -0.05) is 54.2 Å². The van der Waals surface area contributed by atoms with Crippen LogP contribution in [0.25, 0.3) is 0 Å². The number of nitriles is 1. The number of hydrogen-bond acceptors (Lipinski definition) is 5. The van der Waals surface area contributed by atoms with Crippen molar-refractivity contribution in [3.63, 3.8) is 0 Å². The molecule has 1 amide bonds. The van der Waals surface area contributed by atoms with Crippen LogP contribution in [0, 0.1) is 11.3 Å². The summed E-state index contributed by atoms with van der Waals surface area (Å²) in [7, 11) is 1.62. The number of thioether (sulfide) groups is 1. The molecule has 0 spiro atoms. The highest BCUT2D eigenvalue weighted by molar-refractivity contribution is 8.03. The third-order valence-electron chi connectivity index (χ3n) is 5.63. The predicted molar refractivity (Wildman–Crippen MR) is 119 cm³/mol. The largest absolute Gasteiger partial charge is 0.497 e. The Labute approximate surface area is 181 Å². The number of ether oxygens (including phenoxy) is 1. The van der Waals surface area contributed by atoms with Gasteiger partial charge in [-0.25, -0.2) is 0 Å². The SMILES string of the molecule is COc1cccc(C2CC(=O)N3CN(CCCc4ccccc4)CSC3=C2C#N)c1. The number of aryl methyl sites for hydroxylation is 1. The molecule has 1 fully saturated rings. The van der Waals surface area contributed by atoms with E-state index in [1.165, 1.54) is 5.56 Å². The van der Waals surface area contributed by atoms with Crippen LogP contribution in [0.2, 0.25) is 0 Å². The molecule has 1 atom stereocenters. The Morgan fingerprint density at radius 3 is 2.80 bits per heavy atom. The maximum atomic E-state index is 13.0. The van der Waals surface area contributed by atoms with Gasteiger partial charge >= 0.3 is 0 Å². The fraction of sp³-hybridized carbons (Fsp3) is 0.333. The molecule has 0 radical (unpaired) electrons. The van der Waals surface area contributed by atoms with E-state index in [0.717, 1.165) is 41.6 Å². The molecule has 2 aromatic rings. The molecule has 4 rings (SSSR count). The van der Waals surface area contributed by atoms with E-state index in [2.05, 4.69) is 35.2 Å². The zero-order chi connectivity index (χ0) is 20.9. The number of fused-ring (bicyclic) bond motifs is 1. The van der Waals surface area contributed by atoms with Gasteiger partial charge in [0.1, 0.15) is 5.75 Å². The van der Waals surface area contributed by atoms with Gasteiger partial charge in [0, 0.05) is 18.9 Å². The molecule has 0 saturated carbocycles. The average Bonchev–Trinajstić information content (AvgIpc) is 2.80. The molecule has 2 aliphatic heterocycles. The molecule has 0 aliphatic carbocycles. The summed E-state index contributed by atoms with van der Waals surface area (Å²) in [5.74, 6) is 1.41. The number of amides is 1. The Morgan fingerprint density at radius 1 is 1.20 bits per heavy atom. The van der Waals surface area contributed by atoms with Crippen molar-refractivity contribution in [2.45, 2.75) is 25.2 Å². The average molecular weight is 420 g/mol. The fourth-order valence-electron chi connectivity index (χ4n) is 4.04. The van der Waals surface area contributed by atoms with E-state index in [-0.39, 0.29) is 11.8 Å². The summed E-state index contributed by atoms with van der Waals surface area (Å²) >= 11 is 1.60. The third-order valence-corrected chi connectivity index (χ3v) is 6.84. The van der Waals surface area contributed by atoms with Crippen molar-refractivity contribution in [1.82, 2.24) is 9.80 Å². The van der Waals surface area contributed by atoms with Gasteiger partial charge in [0.15, 0.2) is 0 Å². The molecular formula is C24H25N3O2S. The fourth-order valence-corrected chi connectivity index (χ4v) is 5.22. The summed E-state index contributed by atoms with van der Waals surface area (Å²) in [6.07, 6.45) is 2.39. The monoisotopic (exact) mass is 419 g/mol. The van der Waals surface area contributed by atoms with Crippen LogP contribution in [0.4, 0.5) is 0 Å². The van der Waals surface area contributed by atoms with Crippen LogP contribution in [0.15, 0.2) is 65.2 Å². The Bertz CT molecular complexity index is 983. The molecule has 0 N–H and O–H groups in total. The van der Waals surface area contributed by atoms with Crippen LogP contribution in [0.3, 0.4) is 0 Å². The van der Waals surface area contributed by atoms with E-state index in [1.54, 1.807) is 23.8 Å². The van der Waals surface area contributed by atoms with Crippen molar-refractivity contribution in [2.24, 2.45) is 0 Å². The minimum absolute atomic E-state index is 0.0806. The van der Waals surface area contributed by atoms with Gasteiger partial charge in [-0.15, -0.1) is 0 Å². The van der Waals surface area contributed by atoms with Gasteiger partial charge in [0.25, 0.3) is 0 Å². The smallest absolute Gasteiger partial charge is 0.229 e. The van der Waals surface area contributed by atoms with E-state index in [9.17, 15) is 10.1 Å². The lowest BCUT2D eigenvalue weighted by Gasteiger charge is -2.41. The number of allylic oxidation sites excluding steroid dienone is 1. The number of rotatable bonds is 6. The van der Waals surface area contributed by atoms with Crippen LogP contribution < -0.4 is 4.74 Å². The van der Waals surface area contributed by atoms with Crippen LogP contribution in [0.5, 0.6) is 5.75 Å². The van der Waals surface area contributed by atoms with E-state index in [4.69, 9.17) is 4.74 Å². The second kappa shape index (κ2) is 9.38. The maximum absolute atomic E-state index is 13.0. The quantitative estimate of drug-likeness (QED) is 0.697. The van der Waals surface area contributed by atoms with Gasteiger partial charge in [0.05, 0.1) is 36.3 Å². The van der Waals surface area contributed by atoms with Gasteiger partial charge in [-0.2, -0.15) is 5.26 Å². The lowest BCUT2D eigenvalue weighted by atomic mass is 9.86. The topological polar surface area (TPSA) is 56.6 Å². The first-order valence-corrected chi connectivity index (χ1v) is 11.2. The summed E-state index contributed by atoms with van der Waals surface area (Å²) in [5, 5.41) is 10.7. The number of methoxy groups -OCH3 is 1. The maximum Gasteiger partial charge on any atom is 0.229 e. The molecule has 154 valence electrons. The standard InChI is InChI=1S/C24H25N3O2S/c1-29-20-11-5-10-19(13-20)21-14-23(28)27-16-26(17-30-24(27)22(21)15-25)12-6-9-18-7-3-2-4-8-18/h2-5,7-8,10-11,13,21H,6,9,12,14,16-17H2,1H3. The van der Waals surface area contributed by atoms with Gasteiger partial charge in [-0.3, -0.25) is 14.6 Å². The van der Waals surface area contributed by atoms with Crippen molar-refractivity contribution < 1.29 is 9.53 Å². The molecule has 1 saturated heterocycles. The Balaban J connectivity index is 1.46. The first-order valence-electron chi connectivity index (χ1n) is 10.2. The van der Waals surface area contributed by atoms with Gasteiger partial charge < -0.3 is 4.74 Å². The molecule has 0 bridgehead atoms. The highest BCUT2D eigenvalue weighted by Gasteiger charge is 2.38. The Hall–Kier alpha value is -2.75. The minimum Gasteiger partial charge on any atom is -0.497 e. The van der Waals surface area contributed by atoms with E-state index >= 15 is 0 Å². The first kappa shape index (κ1) is 20.5. The summed E-state index contributed by atoms with van der Waals surface area (Å²) in [6.45, 7) is 1.49. The molecule has 6 heteroatoms. The lowest BCUT2D eigenvalue weighted by Crippen LogP contribution is -2.47. The van der Waals surface area contributed by atoms with Crippen molar-refractivity contribution in [1.29, 1.82) is 5.26 Å². The van der Waals surface area contributed by atoms with Crippen LogP contribution in [-0.2, 0) is 11.2 Å². The van der Waals surface area contributed by atoms with Crippen molar-refractivity contribution in [2.75, 3.05) is 26.2 Å². The van der Waals surface area contributed by atoms with E-state index in [1.807, 2.05) is 30.3 Å². The third kappa shape index (κ3) is 4.38. The molecular weight excluding hydrogens is 394 g/mol. The molecule has 30 heavy (non-hydrogen) atoms. The molecule has 0 aromatic heterocycles. The normalized spacial score (nSPS) is 19.4. The Kier molecular flexibility index (Phi) is 6.41. The molecule has 5 nitrogen and oxygen atoms in total. The zero-order valence-electron chi connectivity index (χ0n) is 17.1. The van der Waals surface area contributed by atoms with Crippen LogP contribution in [-0.4, -0.2) is 41.9 Å². The second-order valence-electron chi connectivity index (χ2n) is 7.58. The second-order valence-corrected chi connectivity index (χ2v) is 8.52. The number of benzene rings is 2. The van der Waals surface area contributed by atoms with Crippen molar-refractivity contribution >= 4 is 17.7 Å². The van der Waals surface area contributed by atoms with Crippen LogP contribution >= 0.6 is 11.8 Å². The number of carbonyl (C=O) groups excluding carboxylic acids is 1. The van der Waals surface area contributed by atoms with E-state index in [0.29, 0.717) is 18.7 Å². The lowest BCUT2D eigenvalue weighted by molar-refractivity contribution is -0.131. The number of hydrogen-bond donors (Lipinski definition) is 0. The first-order chi connectivity index (χ1) is 14.7. The van der Waals surface area contributed by atoms with Crippen molar-refractivity contribution in [3.8, 4) is 11.8 Å². The number of carbonyl (C=O) groups is 1. The minimum atomic E-state index is -0.207.